The van der Waals surface area contributed by atoms with Gasteiger partial charge in [0.1, 0.15) is 11.3 Å². The molecule has 1 aromatic carbocycles. The third-order valence-electron chi connectivity index (χ3n) is 3.06. The summed E-state index contributed by atoms with van der Waals surface area (Å²) in [6.07, 6.45) is 0. The van der Waals surface area contributed by atoms with Gasteiger partial charge >= 0.3 is 17.7 Å². The minimum absolute atomic E-state index is 0.0658. The van der Waals surface area contributed by atoms with Crippen LogP contribution < -0.4 is 4.74 Å². The third-order valence-corrected chi connectivity index (χ3v) is 3.06. The minimum atomic E-state index is -1.17. The quantitative estimate of drug-likeness (QED) is 0.684. The van der Waals surface area contributed by atoms with Crippen LogP contribution in [0.4, 0.5) is 5.82 Å². The highest BCUT2D eigenvalue weighted by atomic mass is 16.6. The molecule has 0 amide bonds. The number of hydrogen-bond donors (Lipinski definition) is 1. The van der Waals surface area contributed by atoms with Gasteiger partial charge in [-0.2, -0.15) is 0 Å². The van der Waals surface area contributed by atoms with E-state index in [4.69, 9.17) is 4.74 Å². The number of aryl methyl sites for hydroxylation is 2. The zero-order valence-corrected chi connectivity index (χ0v) is 11.7. The summed E-state index contributed by atoms with van der Waals surface area (Å²) < 4.78 is 6.92. The topological polar surface area (TPSA) is 107 Å². The summed E-state index contributed by atoms with van der Waals surface area (Å²) in [7, 11) is 1.56. The number of nitro groups is 1. The SMILES string of the molecule is Cc1cccc(C(=O)O)c1Oc1c([N+](=O)[O-])nc(C)n1C. The molecule has 0 saturated carbocycles. The normalized spacial score (nSPS) is 10.4. The second kappa shape index (κ2) is 5.23. The monoisotopic (exact) mass is 291 g/mol. The zero-order valence-electron chi connectivity index (χ0n) is 11.7. The molecule has 8 nitrogen and oxygen atoms in total. The summed E-state index contributed by atoms with van der Waals surface area (Å²) in [4.78, 5) is 25.4. The lowest BCUT2D eigenvalue weighted by Gasteiger charge is -2.11. The second-order valence-corrected chi connectivity index (χ2v) is 4.46. The predicted octanol–water partition coefficient (Wildman–Crippen LogP) is 2.44. The van der Waals surface area contributed by atoms with Crippen molar-refractivity contribution in [1.82, 2.24) is 9.55 Å². The Hall–Kier alpha value is -2.90. The van der Waals surface area contributed by atoms with Crippen molar-refractivity contribution in [1.29, 1.82) is 0 Å². The standard InChI is InChI=1S/C13H13N3O5/c1-7-5-4-6-9(13(17)18)10(7)21-12-11(16(19)20)14-8(2)15(12)3/h4-6H,1-3H3,(H,17,18). The molecule has 0 radical (unpaired) electrons. The summed E-state index contributed by atoms with van der Waals surface area (Å²) in [6.45, 7) is 3.26. The molecule has 1 N–H and O–H groups in total. The molecule has 21 heavy (non-hydrogen) atoms. The number of carboxylic acids is 1. The van der Waals surface area contributed by atoms with Gasteiger partial charge in [-0.15, -0.1) is 0 Å². The number of benzene rings is 1. The van der Waals surface area contributed by atoms with Crippen LogP contribution >= 0.6 is 0 Å². The van der Waals surface area contributed by atoms with Crippen LogP contribution in [0.15, 0.2) is 18.2 Å². The van der Waals surface area contributed by atoms with Crippen LogP contribution in [0, 0.1) is 24.0 Å². The molecule has 0 bridgehead atoms. The molecule has 0 unspecified atom stereocenters. The second-order valence-electron chi connectivity index (χ2n) is 4.46. The zero-order chi connectivity index (χ0) is 15.7. The molecule has 0 aliphatic carbocycles. The number of carbonyl (C=O) groups is 1. The number of rotatable bonds is 4. The minimum Gasteiger partial charge on any atom is -0.478 e. The number of para-hydroxylation sites is 1. The van der Waals surface area contributed by atoms with E-state index in [1.54, 1.807) is 33.0 Å². The van der Waals surface area contributed by atoms with E-state index < -0.39 is 16.7 Å². The van der Waals surface area contributed by atoms with Crippen LogP contribution in [-0.4, -0.2) is 25.6 Å². The molecule has 0 saturated heterocycles. The molecule has 1 heterocycles. The molecule has 8 heteroatoms. The maximum Gasteiger partial charge on any atom is 0.427 e. The molecular weight excluding hydrogens is 278 g/mol. The Balaban J connectivity index is 2.58. The first-order valence-corrected chi connectivity index (χ1v) is 6.01. The maximum absolute atomic E-state index is 11.2. The van der Waals surface area contributed by atoms with Crippen LogP contribution in [0.3, 0.4) is 0 Å². The Morgan fingerprint density at radius 1 is 1.43 bits per heavy atom. The van der Waals surface area contributed by atoms with Gasteiger partial charge < -0.3 is 20.0 Å². The summed E-state index contributed by atoms with van der Waals surface area (Å²) in [5.74, 6) is -1.27. The van der Waals surface area contributed by atoms with Crippen molar-refractivity contribution in [3.8, 4) is 11.6 Å². The molecule has 0 aliphatic heterocycles. The summed E-state index contributed by atoms with van der Waals surface area (Å²) in [5.41, 5.74) is 0.492. The molecule has 0 fully saturated rings. The number of aromatic carboxylic acids is 1. The fourth-order valence-corrected chi connectivity index (χ4v) is 1.86. The lowest BCUT2D eigenvalue weighted by Crippen LogP contribution is -2.04. The van der Waals surface area contributed by atoms with Gasteiger partial charge in [0.15, 0.2) is 0 Å². The maximum atomic E-state index is 11.2. The van der Waals surface area contributed by atoms with Crippen LogP contribution in [0.1, 0.15) is 21.7 Å². The first kappa shape index (κ1) is 14.5. The van der Waals surface area contributed by atoms with Gasteiger partial charge in [-0.1, -0.05) is 12.1 Å². The fraction of sp³-hybridized carbons (Fsp3) is 0.231. The number of ether oxygens (including phenoxy) is 1. The Labute approximate surface area is 119 Å². The smallest absolute Gasteiger partial charge is 0.427 e. The van der Waals surface area contributed by atoms with Crippen molar-refractivity contribution in [3.05, 3.63) is 45.3 Å². The van der Waals surface area contributed by atoms with Crippen molar-refractivity contribution < 1.29 is 19.6 Å². The van der Waals surface area contributed by atoms with E-state index >= 15 is 0 Å². The van der Waals surface area contributed by atoms with Gasteiger partial charge in [0.05, 0.1) is 0 Å². The van der Waals surface area contributed by atoms with Gasteiger partial charge in [0, 0.05) is 14.0 Å². The number of nitrogens with zero attached hydrogens (tertiary/aromatic N) is 3. The van der Waals surface area contributed by atoms with E-state index in [0.717, 1.165) is 0 Å². The predicted molar refractivity (Wildman–Crippen MR) is 72.8 cm³/mol. The van der Waals surface area contributed by atoms with E-state index in [9.17, 15) is 20.0 Å². The Kier molecular flexibility index (Phi) is 3.62. The van der Waals surface area contributed by atoms with Gasteiger partial charge in [0.2, 0.25) is 5.82 Å². The van der Waals surface area contributed by atoms with Crippen molar-refractivity contribution in [2.75, 3.05) is 0 Å². The van der Waals surface area contributed by atoms with Gasteiger partial charge in [-0.05, 0) is 28.5 Å². The lowest BCUT2D eigenvalue weighted by molar-refractivity contribution is -0.390. The largest absolute Gasteiger partial charge is 0.478 e. The highest BCUT2D eigenvalue weighted by molar-refractivity contribution is 5.91. The van der Waals surface area contributed by atoms with Crippen LogP contribution in [0.2, 0.25) is 0 Å². The Morgan fingerprint density at radius 2 is 2.10 bits per heavy atom. The number of hydrogen-bond acceptors (Lipinski definition) is 5. The first-order chi connectivity index (χ1) is 9.82. The number of imidazole rings is 1. The van der Waals surface area contributed by atoms with Crippen LogP contribution in [-0.2, 0) is 7.05 Å². The van der Waals surface area contributed by atoms with Gasteiger partial charge in [-0.3, -0.25) is 4.57 Å². The molecule has 2 rings (SSSR count). The van der Waals surface area contributed by atoms with E-state index in [2.05, 4.69) is 4.98 Å². The number of aromatic nitrogens is 2. The van der Waals surface area contributed by atoms with Crippen molar-refractivity contribution in [2.45, 2.75) is 13.8 Å². The molecule has 0 spiro atoms. The fourth-order valence-electron chi connectivity index (χ4n) is 1.86. The average Bonchev–Trinajstić information content (AvgIpc) is 2.69. The van der Waals surface area contributed by atoms with E-state index in [1.807, 2.05) is 0 Å². The Bertz CT molecular complexity index is 736. The van der Waals surface area contributed by atoms with E-state index in [0.29, 0.717) is 11.4 Å². The van der Waals surface area contributed by atoms with Crippen molar-refractivity contribution in [2.24, 2.45) is 7.05 Å². The third kappa shape index (κ3) is 2.55. The van der Waals surface area contributed by atoms with Crippen molar-refractivity contribution >= 4 is 11.8 Å². The molecule has 2 aromatic rings. The summed E-state index contributed by atoms with van der Waals surface area (Å²) >= 11 is 0. The average molecular weight is 291 g/mol. The van der Waals surface area contributed by atoms with Crippen LogP contribution in [0.5, 0.6) is 11.6 Å². The van der Waals surface area contributed by atoms with Crippen LogP contribution in [0.25, 0.3) is 0 Å². The highest BCUT2D eigenvalue weighted by Gasteiger charge is 2.27. The van der Waals surface area contributed by atoms with E-state index in [-0.39, 0.29) is 17.2 Å². The summed E-state index contributed by atoms with van der Waals surface area (Å²) in [6, 6.07) is 4.62. The first-order valence-electron chi connectivity index (χ1n) is 6.01. The molecule has 0 atom stereocenters. The van der Waals surface area contributed by atoms with Crippen molar-refractivity contribution in [3.63, 3.8) is 0 Å². The molecule has 0 aliphatic rings. The van der Waals surface area contributed by atoms with Gasteiger partial charge in [-0.25, -0.2) is 4.79 Å². The molecule has 110 valence electrons. The Morgan fingerprint density at radius 3 is 2.67 bits per heavy atom. The summed E-state index contributed by atoms with van der Waals surface area (Å²) in [5, 5.41) is 20.2. The lowest BCUT2D eigenvalue weighted by atomic mass is 10.1. The molecular formula is C13H13N3O5. The van der Waals surface area contributed by atoms with E-state index in [1.165, 1.54) is 10.6 Å². The van der Waals surface area contributed by atoms with Gasteiger partial charge in [0.25, 0.3) is 0 Å². The molecule has 1 aromatic heterocycles. The highest BCUT2D eigenvalue weighted by Crippen LogP contribution is 2.34. The number of carboxylic acid groups (broad SMARTS) is 1.